The molecule has 3 aromatic rings. The molecule has 1 fully saturated rings. The number of pyridine rings is 2. The molecular formula is C31H39N3O4. The summed E-state index contributed by atoms with van der Waals surface area (Å²) in [7, 11) is 0. The Kier molecular flexibility index (Phi) is 8.07. The van der Waals surface area contributed by atoms with Gasteiger partial charge in [0.15, 0.2) is 6.10 Å². The van der Waals surface area contributed by atoms with Crippen LogP contribution in [0.25, 0.3) is 11.3 Å². The SMILES string of the molecule is Cc1ncc(-c2ccc(OCc3ccccc3)cn2)c(N2CCC(C)(C)CC2)c1C(OC(C)(C)C)C(=O)O. The lowest BCUT2D eigenvalue weighted by atomic mass is 9.82. The number of hydrogen-bond acceptors (Lipinski definition) is 6. The van der Waals surface area contributed by atoms with E-state index in [-0.39, 0.29) is 5.41 Å². The molecule has 2 aromatic heterocycles. The first-order valence-corrected chi connectivity index (χ1v) is 13.2. The standard InChI is InChI=1S/C31H39N3O4/c1-21-26(28(29(35)36)38-30(2,3)4)27(34-16-14-31(5,6)15-17-34)24(19-32-21)25-13-12-23(18-33-25)37-20-22-10-8-7-9-11-22/h7-13,18-19,28H,14-17,20H2,1-6H3,(H,35,36). The highest BCUT2D eigenvalue weighted by molar-refractivity contribution is 5.85. The average molecular weight is 518 g/mol. The Hall–Kier alpha value is -3.45. The van der Waals surface area contributed by atoms with Crippen LogP contribution in [-0.2, 0) is 16.1 Å². The van der Waals surface area contributed by atoms with Crippen LogP contribution in [0.5, 0.6) is 5.75 Å². The quantitative estimate of drug-likeness (QED) is 0.360. The minimum Gasteiger partial charge on any atom is -0.487 e. The van der Waals surface area contributed by atoms with Crippen LogP contribution in [0.1, 0.15) is 70.4 Å². The second-order valence-corrected chi connectivity index (χ2v) is 11.8. The summed E-state index contributed by atoms with van der Waals surface area (Å²) in [5.74, 6) is -0.364. The number of nitrogens with zero attached hydrogens (tertiary/aromatic N) is 3. The maximum atomic E-state index is 12.5. The number of carboxylic acid groups (broad SMARTS) is 1. The molecule has 1 aromatic carbocycles. The van der Waals surface area contributed by atoms with Gasteiger partial charge in [-0.15, -0.1) is 0 Å². The van der Waals surface area contributed by atoms with Crippen molar-refractivity contribution in [2.24, 2.45) is 5.41 Å². The smallest absolute Gasteiger partial charge is 0.337 e. The lowest BCUT2D eigenvalue weighted by molar-refractivity contribution is -0.160. The molecule has 1 unspecified atom stereocenters. The summed E-state index contributed by atoms with van der Waals surface area (Å²) in [4.78, 5) is 24.2. The van der Waals surface area contributed by atoms with E-state index in [0.29, 0.717) is 29.3 Å². The predicted octanol–water partition coefficient (Wildman–Crippen LogP) is 6.60. The monoisotopic (exact) mass is 517 g/mol. The molecule has 0 radical (unpaired) electrons. The normalized spacial score (nSPS) is 16.2. The number of aromatic nitrogens is 2. The van der Waals surface area contributed by atoms with Crippen molar-refractivity contribution in [3.05, 3.63) is 71.7 Å². The van der Waals surface area contributed by atoms with Gasteiger partial charge < -0.3 is 19.5 Å². The first-order chi connectivity index (χ1) is 17.9. The van der Waals surface area contributed by atoms with Gasteiger partial charge in [-0.3, -0.25) is 9.97 Å². The summed E-state index contributed by atoms with van der Waals surface area (Å²) >= 11 is 0. The Bertz CT molecular complexity index is 1240. The number of hydrogen-bond donors (Lipinski definition) is 1. The van der Waals surface area contributed by atoms with Crippen LogP contribution in [-0.4, -0.2) is 39.7 Å². The molecule has 3 heterocycles. The van der Waals surface area contributed by atoms with E-state index in [0.717, 1.165) is 42.7 Å². The lowest BCUT2D eigenvalue weighted by Crippen LogP contribution is -2.39. The van der Waals surface area contributed by atoms with Crippen LogP contribution >= 0.6 is 0 Å². The van der Waals surface area contributed by atoms with E-state index in [9.17, 15) is 9.90 Å². The Morgan fingerprint density at radius 3 is 2.32 bits per heavy atom. The number of carbonyl (C=O) groups is 1. The van der Waals surface area contributed by atoms with Crippen LogP contribution in [0, 0.1) is 12.3 Å². The zero-order valence-electron chi connectivity index (χ0n) is 23.3. The molecule has 38 heavy (non-hydrogen) atoms. The summed E-state index contributed by atoms with van der Waals surface area (Å²) in [5, 5.41) is 10.3. The maximum Gasteiger partial charge on any atom is 0.337 e. The van der Waals surface area contributed by atoms with Gasteiger partial charge in [-0.05, 0) is 63.6 Å². The predicted molar refractivity (Wildman–Crippen MR) is 149 cm³/mol. The summed E-state index contributed by atoms with van der Waals surface area (Å²) in [6.45, 7) is 14.1. The number of anilines is 1. The minimum atomic E-state index is -1.15. The Labute approximate surface area is 225 Å². The van der Waals surface area contributed by atoms with E-state index in [1.165, 1.54) is 0 Å². The largest absolute Gasteiger partial charge is 0.487 e. The molecule has 1 atom stereocenters. The zero-order chi connectivity index (χ0) is 27.5. The number of piperidine rings is 1. The molecule has 0 saturated carbocycles. The van der Waals surface area contributed by atoms with Gasteiger partial charge in [0.1, 0.15) is 12.4 Å². The summed E-state index contributed by atoms with van der Waals surface area (Å²) in [6, 6.07) is 13.8. The summed E-state index contributed by atoms with van der Waals surface area (Å²) in [5.41, 5.74) is 4.26. The zero-order valence-corrected chi connectivity index (χ0v) is 23.3. The van der Waals surface area contributed by atoms with E-state index in [2.05, 4.69) is 23.7 Å². The highest BCUT2D eigenvalue weighted by Gasteiger charge is 2.36. The second kappa shape index (κ2) is 11.1. The molecule has 7 heteroatoms. The molecule has 202 valence electrons. The molecule has 0 amide bonds. The van der Waals surface area contributed by atoms with E-state index in [4.69, 9.17) is 14.5 Å². The number of aryl methyl sites for hydroxylation is 1. The molecule has 0 aliphatic carbocycles. The highest BCUT2D eigenvalue weighted by atomic mass is 16.5. The van der Waals surface area contributed by atoms with Crippen molar-refractivity contribution in [3.63, 3.8) is 0 Å². The topological polar surface area (TPSA) is 84.8 Å². The summed E-state index contributed by atoms with van der Waals surface area (Å²) in [6.07, 6.45) is 4.37. The van der Waals surface area contributed by atoms with Crippen molar-refractivity contribution in [2.75, 3.05) is 18.0 Å². The van der Waals surface area contributed by atoms with Crippen molar-refractivity contribution in [3.8, 4) is 17.0 Å². The third-order valence-corrected chi connectivity index (χ3v) is 6.94. The number of carboxylic acids is 1. The van der Waals surface area contributed by atoms with Crippen molar-refractivity contribution >= 4 is 11.7 Å². The average Bonchev–Trinajstić information content (AvgIpc) is 2.86. The van der Waals surface area contributed by atoms with Crippen LogP contribution in [0.4, 0.5) is 5.69 Å². The molecule has 0 bridgehead atoms. The Balaban J connectivity index is 1.74. The van der Waals surface area contributed by atoms with E-state index >= 15 is 0 Å². The summed E-state index contributed by atoms with van der Waals surface area (Å²) < 4.78 is 12.0. The van der Waals surface area contributed by atoms with Crippen molar-refractivity contribution in [1.82, 2.24) is 9.97 Å². The van der Waals surface area contributed by atoms with Crippen molar-refractivity contribution < 1.29 is 19.4 Å². The molecule has 1 aliphatic rings. The van der Waals surface area contributed by atoms with E-state index in [1.54, 1.807) is 12.4 Å². The molecule has 1 aliphatic heterocycles. The van der Waals surface area contributed by atoms with Crippen molar-refractivity contribution in [1.29, 1.82) is 0 Å². The molecular weight excluding hydrogens is 478 g/mol. The fraction of sp³-hybridized carbons (Fsp3) is 0.452. The first-order valence-electron chi connectivity index (χ1n) is 13.2. The van der Waals surface area contributed by atoms with Gasteiger partial charge in [0.2, 0.25) is 0 Å². The fourth-order valence-corrected chi connectivity index (χ4v) is 4.74. The number of ether oxygens (including phenoxy) is 2. The number of benzene rings is 1. The van der Waals surface area contributed by atoms with Gasteiger partial charge in [-0.25, -0.2) is 4.79 Å². The van der Waals surface area contributed by atoms with E-state index in [1.807, 2.05) is 70.2 Å². The Morgan fingerprint density at radius 2 is 1.74 bits per heavy atom. The molecule has 0 spiro atoms. The van der Waals surface area contributed by atoms with Gasteiger partial charge >= 0.3 is 5.97 Å². The van der Waals surface area contributed by atoms with Gasteiger partial charge in [0.05, 0.1) is 23.2 Å². The van der Waals surface area contributed by atoms with Crippen LogP contribution in [0.3, 0.4) is 0 Å². The van der Waals surface area contributed by atoms with Gasteiger partial charge in [0, 0.05) is 36.1 Å². The molecule has 7 nitrogen and oxygen atoms in total. The third-order valence-electron chi connectivity index (χ3n) is 6.94. The minimum absolute atomic E-state index is 0.239. The van der Waals surface area contributed by atoms with Gasteiger partial charge in [-0.2, -0.15) is 0 Å². The Morgan fingerprint density at radius 1 is 1.05 bits per heavy atom. The highest BCUT2D eigenvalue weighted by Crippen LogP contribution is 2.43. The van der Waals surface area contributed by atoms with Crippen LogP contribution in [0.15, 0.2) is 54.9 Å². The van der Waals surface area contributed by atoms with Gasteiger partial charge in [0.25, 0.3) is 0 Å². The fourth-order valence-electron chi connectivity index (χ4n) is 4.74. The third kappa shape index (κ3) is 6.70. The van der Waals surface area contributed by atoms with Crippen molar-refractivity contribution in [2.45, 2.75) is 72.7 Å². The van der Waals surface area contributed by atoms with Crippen LogP contribution in [0.2, 0.25) is 0 Å². The number of rotatable bonds is 8. The second-order valence-electron chi connectivity index (χ2n) is 11.8. The first kappa shape index (κ1) is 27.6. The number of aliphatic carboxylic acids is 1. The molecule has 1 saturated heterocycles. The maximum absolute atomic E-state index is 12.5. The lowest BCUT2D eigenvalue weighted by Gasteiger charge is -2.40. The van der Waals surface area contributed by atoms with E-state index < -0.39 is 17.7 Å². The van der Waals surface area contributed by atoms with Gasteiger partial charge in [-0.1, -0.05) is 44.2 Å². The molecule has 4 rings (SSSR count). The molecule has 1 N–H and O–H groups in total. The van der Waals surface area contributed by atoms with Crippen LogP contribution < -0.4 is 9.64 Å².